The Labute approximate surface area is 113 Å². The first-order chi connectivity index (χ1) is 7.29. The summed E-state index contributed by atoms with van der Waals surface area (Å²) < 4.78 is -2.17. The number of carboxylic acids is 1. The number of carboxylic acid groups (broad SMARTS) is 1. The van der Waals surface area contributed by atoms with Gasteiger partial charge in [-0.15, -0.1) is 11.6 Å². The van der Waals surface area contributed by atoms with E-state index in [0.29, 0.717) is 0 Å². The second-order valence-corrected chi connectivity index (χ2v) is 5.92. The molecule has 0 aromatic carbocycles. The molecule has 0 radical (unpaired) electrons. The summed E-state index contributed by atoms with van der Waals surface area (Å²) in [7, 11) is 0. The molecule has 0 saturated heterocycles. The summed E-state index contributed by atoms with van der Waals surface area (Å²) in [5.74, 6) is -1.46. The summed E-state index contributed by atoms with van der Waals surface area (Å²) in [5.41, 5.74) is 0.753. The minimum absolute atomic E-state index is 0.0104. The smallest absolute Gasteiger partial charge is 0.356 e. The monoisotopic (exact) mass is 309 g/mol. The Morgan fingerprint density at radius 3 is 2.12 bits per heavy atom. The van der Waals surface area contributed by atoms with Gasteiger partial charge in [0.15, 0.2) is 0 Å². The maximum Gasteiger partial charge on any atom is 0.356 e. The molecule has 1 aliphatic rings. The zero-order valence-corrected chi connectivity index (χ0v) is 11.2. The molecule has 1 saturated carbocycles. The SMILES string of the molecule is O=C(O)C(Cl)(Cl)Cl.ON=C1CCCCC1Cl. The zero-order chi connectivity index (χ0) is 12.8. The molecule has 1 unspecified atom stereocenters. The predicted molar refractivity (Wildman–Crippen MR) is 65.3 cm³/mol. The Kier molecular flexibility index (Phi) is 7.48. The minimum Gasteiger partial charge on any atom is -0.478 e. The van der Waals surface area contributed by atoms with E-state index < -0.39 is 9.76 Å². The molecule has 16 heavy (non-hydrogen) atoms. The van der Waals surface area contributed by atoms with Crippen LogP contribution in [0.1, 0.15) is 25.7 Å². The van der Waals surface area contributed by atoms with Gasteiger partial charge in [-0.05, 0) is 19.3 Å². The van der Waals surface area contributed by atoms with Crippen LogP contribution in [0.4, 0.5) is 0 Å². The topological polar surface area (TPSA) is 69.9 Å². The summed E-state index contributed by atoms with van der Waals surface area (Å²) in [5, 5.41) is 19.3. The molecular weight excluding hydrogens is 300 g/mol. The summed E-state index contributed by atoms with van der Waals surface area (Å²) in [6.45, 7) is 0. The lowest BCUT2D eigenvalue weighted by Gasteiger charge is -2.15. The highest BCUT2D eigenvalue weighted by Gasteiger charge is 2.29. The third-order valence-electron chi connectivity index (χ3n) is 1.87. The van der Waals surface area contributed by atoms with E-state index in [4.69, 9.17) is 56.7 Å². The Morgan fingerprint density at radius 2 is 1.88 bits per heavy atom. The number of hydrogen-bond acceptors (Lipinski definition) is 3. The highest BCUT2D eigenvalue weighted by Crippen LogP contribution is 2.25. The first kappa shape index (κ1) is 16.1. The number of aliphatic carboxylic acids is 1. The molecular formula is C8H11Cl4NO3. The Bertz CT molecular complexity index is 264. The molecule has 94 valence electrons. The molecule has 0 aromatic heterocycles. The number of halogens is 4. The third kappa shape index (κ3) is 6.63. The van der Waals surface area contributed by atoms with E-state index in [1.54, 1.807) is 0 Å². The molecule has 1 rings (SSSR count). The third-order valence-corrected chi connectivity index (χ3v) is 2.83. The van der Waals surface area contributed by atoms with Crippen LogP contribution in [0.2, 0.25) is 0 Å². The Morgan fingerprint density at radius 1 is 1.38 bits per heavy atom. The van der Waals surface area contributed by atoms with Gasteiger partial charge in [0, 0.05) is 0 Å². The molecule has 0 spiro atoms. The summed E-state index contributed by atoms with van der Waals surface area (Å²) in [6, 6.07) is 0. The maximum absolute atomic E-state index is 9.62. The van der Waals surface area contributed by atoms with Crippen LogP contribution in [0.3, 0.4) is 0 Å². The van der Waals surface area contributed by atoms with Gasteiger partial charge >= 0.3 is 5.97 Å². The zero-order valence-electron chi connectivity index (χ0n) is 8.17. The summed E-state index contributed by atoms with van der Waals surface area (Å²) in [4.78, 5) is 9.62. The van der Waals surface area contributed by atoms with Gasteiger partial charge in [-0.3, -0.25) is 0 Å². The average molecular weight is 311 g/mol. The molecule has 8 heteroatoms. The quantitative estimate of drug-likeness (QED) is 0.409. The van der Waals surface area contributed by atoms with Gasteiger partial charge in [-0.1, -0.05) is 46.4 Å². The first-order valence-electron chi connectivity index (χ1n) is 4.44. The van der Waals surface area contributed by atoms with E-state index in [9.17, 15) is 4.79 Å². The molecule has 1 atom stereocenters. The molecule has 2 N–H and O–H groups in total. The van der Waals surface area contributed by atoms with Gasteiger partial charge in [0.1, 0.15) is 0 Å². The van der Waals surface area contributed by atoms with E-state index in [0.717, 1.165) is 31.4 Å². The van der Waals surface area contributed by atoms with E-state index in [2.05, 4.69) is 5.16 Å². The van der Waals surface area contributed by atoms with Crippen molar-refractivity contribution < 1.29 is 15.1 Å². The number of hydrogen-bond donors (Lipinski definition) is 2. The van der Waals surface area contributed by atoms with E-state index >= 15 is 0 Å². The Balaban J connectivity index is 0.000000293. The number of rotatable bonds is 0. The van der Waals surface area contributed by atoms with Gasteiger partial charge < -0.3 is 10.3 Å². The number of alkyl halides is 4. The molecule has 1 fully saturated rings. The second kappa shape index (κ2) is 7.43. The molecule has 0 heterocycles. The fourth-order valence-corrected chi connectivity index (χ4v) is 1.37. The van der Waals surface area contributed by atoms with Gasteiger partial charge in [-0.25, -0.2) is 4.79 Å². The molecule has 1 aliphatic carbocycles. The van der Waals surface area contributed by atoms with Crippen LogP contribution in [-0.4, -0.2) is 31.2 Å². The average Bonchev–Trinajstić information content (AvgIpc) is 2.18. The van der Waals surface area contributed by atoms with Gasteiger partial charge in [0.05, 0.1) is 11.1 Å². The number of nitrogens with zero attached hydrogens (tertiary/aromatic N) is 1. The van der Waals surface area contributed by atoms with E-state index in [1.807, 2.05) is 0 Å². The lowest BCUT2D eigenvalue weighted by molar-refractivity contribution is -0.135. The van der Waals surface area contributed by atoms with Crippen LogP contribution < -0.4 is 0 Å². The summed E-state index contributed by atoms with van der Waals surface area (Å²) in [6.07, 6.45) is 4.10. The van der Waals surface area contributed by atoms with Gasteiger partial charge in [-0.2, -0.15) is 0 Å². The number of carbonyl (C=O) groups is 1. The van der Waals surface area contributed by atoms with Crippen molar-refractivity contribution >= 4 is 58.1 Å². The van der Waals surface area contributed by atoms with Crippen LogP contribution in [0, 0.1) is 0 Å². The lowest BCUT2D eigenvalue weighted by Crippen LogP contribution is -2.18. The second-order valence-electron chi connectivity index (χ2n) is 3.11. The van der Waals surface area contributed by atoms with Crippen molar-refractivity contribution in [2.24, 2.45) is 5.16 Å². The van der Waals surface area contributed by atoms with E-state index in [1.165, 1.54) is 0 Å². The normalized spacial score (nSPS) is 23.5. The van der Waals surface area contributed by atoms with Crippen molar-refractivity contribution in [3.8, 4) is 0 Å². The minimum atomic E-state index is -2.17. The molecule has 4 nitrogen and oxygen atoms in total. The van der Waals surface area contributed by atoms with Crippen LogP contribution in [0.15, 0.2) is 5.16 Å². The van der Waals surface area contributed by atoms with Gasteiger partial charge in [0.2, 0.25) is 0 Å². The van der Waals surface area contributed by atoms with Crippen LogP contribution in [-0.2, 0) is 4.79 Å². The molecule has 0 aliphatic heterocycles. The van der Waals surface area contributed by atoms with E-state index in [-0.39, 0.29) is 5.38 Å². The fourth-order valence-electron chi connectivity index (χ4n) is 1.07. The van der Waals surface area contributed by atoms with Crippen molar-refractivity contribution in [3.63, 3.8) is 0 Å². The predicted octanol–water partition coefficient (Wildman–Crippen LogP) is 3.44. The van der Waals surface area contributed by atoms with Crippen molar-refractivity contribution in [1.29, 1.82) is 0 Å². The van der Waals surface area contributed by atoms with Crippen LogP contribution in [0.5, 0.6) is 0 Å². The van der Waals surface area contributed by atoms with Crippen LogP contribution in [0.25, 0.3) is 0 Å². The van der Waals surface area contributed by atoms with Crippen molar-refractivity contribution in [2.75, 3.05) is 0 Å². The molecule has 0 amide bonds. The highest BCUT2D eigenvalue weighted by molar-refractivity contribution is 6.75. The maximum atomic E-state index is 9.62. The number of oxime groups is 1. The van der Waals surface area contributed by atoms with Crippen molar-refractivity contribution in [2.45, 2.75) is 34.9 Å². The lowest BCUT2D eigenvalue weighted by atomic mass is 9.98. The van der Waals surface area contributed by atoms with Crippen molar-refractivity contribution in [3.05, 3.63) is 0 Å². The van der Waals surface area contributed by atoms with Gasteiger partial charge in [0.25, 0.3) is 3.79 Å². The summed E-state index contributed by atoms with van der Waals surface area (Å²) >= 11 is 20.2. The molecule has 0 bridgehead atoms. The largest absolute Gasteiger partial charge is 0.478 e. The first-order valence-corrected chi connectivity index (χ1v) is 6.01. The van der Waals surface area contributed by atoms with Crippen molar-refractivity contribution in [1.82, 2.24) is 0 Å². The standard InChI is InChI=1S/C6H10ClNO.C2HCl3O2/c7-5-3-1-2-4-6(5)8-9;3-2(4,5)1(6)7/h5,9H,1-4H2;(H,6,7). The molecule has 0 aromatic rings. The highest BCUT2D eigenvalue weighted by atomic mass is 35.6. The van der Waals surface area contributed by atoms with Crippen LogP contribution >= 0.6 is 46.4 Å². The fraction of sp³-hybridized carbons (Fsp3) is 0.750. The Hall–Kier alpha value is 0.1000.